The number of benzene rings is 4. The number of ether oxygens (including phenoxy) is 1. The molecule has 58 heavy (non-hydrogen) atoms. The van der Waals surface area contributed by atoms with Crippen molar-refractivity contribution in [3.05, 3.63) is 119 Å². The Morgan fingerprint density at radius 3 is 2.19 bits per heavy atom. The predicted octanol–water partition coefficient (Wildman–Crippen LogP) is 5.92. The molecule has 1 unspecified atom stereocenters. The molecule has 0 bridgehead atoms. The molecule has 6 aliphatic heterocycles. The Labute approximate surface area is 338 Å². The van der Waals surface area contributed by atoms with Crippen LogP contribution in [0.3, 0.4) is 0 Å². The van der Waals surface area contributed by atoms with Crippen LogP contribution in [-0.2, 0) is 9.59 Å². The molecule has 0 saturated carbocycles. The molecule has 2 N–H and O–H groups in total. The van der Waals surface area contributed by atoms with Crippen LogP contribution in [0.4, 0.5) is 11.4 Å². The summed E-state index contributed by atoms with van der Waals surface area (Å²) in [6.45, 7) is 7.91. The molecule has 4 amide bonds. The van der Waals surface area contributed by atoms with E-state index in [0.717, 1.165) is 80.6 Å². The molecule has 4 saturated heterocycles. The fourth-order valence-electron chi connectivity index (χ4n) is 10.6. The van der Waals surface area contributed by atoms with E-state index >= 15 is 0 Å². The van der Waals surface area contributed by atoms with Crippen molar-refractivity contribution in [3.8, 4) is 11.5 Å². The molecule has 0 aliphatic carbocycles. The number of carbonyl (C=O) groups is 4. The van der Waals surface area contributed by atoms with E-state index in [2.05, 4.69) is 74.6 Å². The lowest BCUT2D eigenvalue weighted by molar-refractivity contribution is -0.136. The van der Waals surface area contributed by atoms with Crippen LogP contribution in [0.25, 0.3) is 0 Å². The van der Waals surface area contributed by atoms with Crippen molar-refractivity contribution < 1.29 is 29.0 Å². The number of anilines is 2. The average molecular weight is 780 g/mol. The SMILES string of the molecule is O=C1CCC(N2C(=O)c3ccc(N4CC5(CCN(CC6CCN(c7ccc([C@H]8c9ccc(O)cc9OC[C@H]8c8ccccc8)cc7)CC6)CC5)C4)cc3C2=O)C(=O)N1. The van der Waals surface area contributed by atoms with Gasteiger partial charge in [-0.2, -0.15) is 0 Å². The van der Waals surface area contributed by atoms with Gasteiger partial charge in [0, 0.05) is 79.4 Å². The number of hydrogen-bond acceptors (Lipinski definition) is 9. The number of nitrogens with zero attached hydrogens (tertiary/aromatic N) is 4. The predicted molar refractivity (Wildman–Crippen MR) is 219 cm³/mol. The molecule has 0 radical (unpaired) electrons. The van der Waals surface area contributed by atoms with Crippen LogP contribution >= 0.6 is 0 Å². The van der Waals surface area contributed by atoms with Crippen molar-refractivity contribution in [2.24, 2.45) is 11.3 Å². The number of carbonyl (C=O) groups excluding carboxylic acids is 4. The normalized spacial score (nSPS) is 24.6. The Morgan fingerprint density at radius 1 is 0.724 bits per heavy atom. The number of rotatable bonds is 7. The first-order valence-corrected chi connectivity index (χ1v) is 20.9. The van der Waals surface area contributed by atoms with Crippen molar-refractivity contribution in [2.75, 3.05) is 62.2 Å². The zero-order valence-electron chi connectivity index (χ0n) is 32.6. The zero-order chi connectivity index (χ0) is 39.5. The summed E-state index contributed by atoms with van der Waals surface area (Å²) in [7, 11) is 0. The summed E-state index contributed by atoms with van der Waals surface area (Å²) in [5.41, 5.74) is 6.78. The van der Waals surface area contributed by atoms with Gasteiger partial charge in [-0.25, -0.2) is 0 Å². The van der Waals surface area contributed by atoms with Crippen molar-refractivity contribution in [1.82, 2.24) is 15.1 Å². The average Bonchev–Trinajstić information content (AvgIpc) is 3.48. The second-order valence-electron chi connectivity index (χ2n) is 17.4. The number of hydrogen-bond donors (Lipinski definition) is 2. The molecule has 4 fully saturated rings. The van der Waals surface area contributed by atoms with E-state index in [4.69, 9.17) is 4.74 Å². The molecule has 4 aromatic carbocycles. The van der Waals surface area contributed by atoms with Crippen LogP contribution in [0.1, 0.15) is 87.8 Å². The van der Waals surface area contributed by atoms with Gasteiger partial charge in [0.25, 0.3) is 11.8 Å². The fraction of sp³-hybridized carbons (Fsp3) is 0.404. The van der Waals surface area contributed by atoms with Crippen molar-refractivity contribution in [1.29, 1.82) is 0 Å². The van der Waals surface area contributed by atoms with Crippen LogP contribution in [0.5, 0.6) is 11.5 Å². The first-order chi connectivity index (χ1) is 28.2. The van der Waals surface area contributed by atoms with E-state index < -0.39 is 23.8 Å². The Kier molecular flexibility index (Phi) is 9.23. The van der Waals surface area contributed by atoms with Gasteiger partial charge in [-0.3, -0.25) is 29.4 Å². The lowest BCUT2D eigenvalue weighted by Gasteiger charge is -2.55. The molecule has 3 atom stereocenters. The van der Waals surface area contributed by atoms with Crippen molar-refractivity contribution in [3.63, 3.8) is 0 Å². The lowest BCUT2D eigenvalue weighted by Crippen LogP contribution is -2.60. The number of piperidine rings is 3. The van der Waals surface area contributed by atoms with Gasteiger partial charge in [0.15, 0.2) is 0 Å². The number of fused-ring (bicyclic) bond motifs is 2. The van der Waals surface area contributed by atoms with Gasteiger partial charge in [0.05, 0.1) is 17.7 Å². The van der Waals surface area contributed by atoms with Gasteiger partial charge in [-0.05, 0) is 98.6 Å². The Bertz CT molecular complexity index is 2250. The molecule has 298 valence electrons. The summed E-state index contributed by atoms with van der Waals surface area (Å²) in [6, 6.07) is 29.8. The molecule has 10 rings (SSSR count). The smallest absolute Gasteiger partial charge is 0.262 e. The van der Waals surface area contributed by atoms with E-state index in [1.165, 1.54) is 29.7 Å². The van der Waals surface area contributed by atoms with Gasteiger partial charge >= 0.3 is 0 Å². The first kappa shape index (κ1) is 36.6. The lowest BCUT2D eigenvalue weighted by atomic mass is 9.71. The highest BCUT2D eigenvalue weighted by atomic mass is 16.5. The number of nitrogens with one attached hydrogen (secondary N) is 1. The maximum atomic E-state index is 13.4. The van der Waals surface area contributed by atoms with Crippen LogP contribution in [-0.4, -0.2) is 97.0 Å². The van der Waals surface area contributed by atoms with Crippen molar-refractivity contribution in [2.45, 2.75) is 56.4 Å². The summed E-state index contributed by atoms with van der Waals surface area (Å²) in [5, 5.41) is 12.4. The number of phenols is 1. The molecule has 4 aromatic rings. The third-order valence-corrected chi connectivity index (χ3v) is 13.9. The van der Waals surface area contributed by atoms with E-state index in [1.54, 1.807) is 18.2 Å². The molecular weight excluding hydrogens is 731 g/mol. The molecule has 6 aliphatic rings. The second kappa shape index (κ2) is 14.6. The Balaban J connectivity index is 0.712. The van der Waals surface area contributed by atoms with Gasteiger partial charge in [0.1, 0.15) is 17.5 Å². The highest BCUT2D eigenvalue weighted by Gasteiger charge is 2.48. The summed E-state index contributed by atoms with van der Waals surface area (Å²) in [6.07, 6.45) is 4.95. The minimum atomic E-state index is -0.953. The molecule has 6 heterocycles. The Morgan fingerprint density at radius 2 is 1.45 bits per heavy atom. The van der Waals surface area contributed by atoms with Crippen LogP contribution in [0, 0.1) is 11.3 Å². The molecular formula is C47H49N5O6. The summed E-state index contributed by atoms with van der Waals surface area (Å²) in [5.74, 6) is 0.100. The van der Waals surface area contributed by atoms with E-state index in [9.17, 15) is 24.3 Å². The number of likely N-dealkylation sites (tertiary alicyclic amines) is 1. The molecule has 0 aromatic heterocycles. The standard InChI is InChI=1S/C47H49N5O6/c53-35-11-13-37-41(25-35)58-27-39(31-4-2-1-3-5-31)43(37)32-6-8-33(9-7-32)50-20-16-30(17-21-50)26-49-22-18-47(19-23-49)28-51(29-47)34-10-12-36-38(24-34)46(57)52(45(36)56)40-14-15-42(54)48-44(40)55/h1-13,24-25,30,39-40,43,53H,14-23,26-29H2,(H,48,54,55)/t39-,40?,43-/m0/s1. The van der Waals surface area contributed by atoms with Crippen LogP contribution in [0.15, 0.2) is 91.0 Å². The fourth-order valence-corrected chi connectivity index (χ4v) is 10.6. The Hall–Kier alpha value is -5.68. The number of imide groups is 2. The zero-order valence-corrected chi connectivity index (χ0v) is 32.6. The van der Waals surface area contributed by atoms with Gasteiger partial charge in [-0.15, -0.1) is 0 Å². The van der Waals surface area contributed by atoms with E-state index in [1.807, 2.05) is 18.2 Å². The van der Waals surface area contributed by atoms with Gasteiger partial charge in [0.2, 0.25) is 11.8 Å². The van der Waals surface area contributed by atoms with Gasteiger partial charge < -0.3 is 24.5 Å². The highest BCUT2D eigenvalue weighted by molar-refractivity contribution is 6.23. The largest absolute Gasteiger partial charge is 0.508 e. The maximum Gasteiger partial charge on any atom is 0.262 e. The molecule has 11 nitrogen and oxygen atoms in total. The quantitative estimate of drug-likeness (QED) is 0.220. The van der Waals surface area contributed by atoms with Crippen LogP contribution in [0.2, 0.25) is 0 Å². The highest BCUT2D eigenvalue weighted by Crippen LogP contribution is 2.48. The van der Waals surface area contributed by atoms with E-state index in [0.29, 0.717) is 23.7 Å². The minimum Gasteiger partial charge on any atom is -0.508 e. The third kappa shape index (κ3) is 6.59. The number of aromatic hydroxyl groups is 1. The monoisotopic (exact) mass is 779 g/mol. The molecule has 11 heteroatoms. The topological polar surface area (TPSA) is 123 Å². The molecule has 1 spiro atoms. The maximum absolute atomic E-state index is 13.4. The third-order valence-electron chi connectivity index (χ3n) is 13.9. The second-order valence-corrected chi connectivity index (χ2v) is 17.4. The number of amides is 4. The number of phenolic OH excluding ortho intramolecular Hbond substituents is 1. The summed E-state index contributed by atoms with van der Waals surface area (Å²) >= 11 is 0. The summed E-state index contributed by atoms with van der Waals surface area (Å²) < 4.78 is 6.18. The van der Waals surface area contributed by atoms with E-state index in [-0.39, 0.29) is 41.7 Å². The first-order valence-electron chi connectivity index (χ1n) is 20.9. The van der Waals surface area contributed by atoms with Crippen LogP contribution < -0.4 is 19.9 Å². The van der Waals surface area contributed by atoms with Crippen molar-refractivity contribution >= 4 is 35.0 Å². The summed E-state index contributed by atoms with van der Waals surface area (Å²) in [4.78, 5) is 59.2. The van der Waals surface area contributed by atoms with Gasteiger partial charge in [-0.1, -0.05) is 48.5 Å². The minimum absolute atomic E-state index is 0.108.